The molecule has 0 N–H and O–H groups in total. The maximum atomic E-state index is 5.75. The van der Waals surface area contributed by atoms with Gasteiger partial charge < -0.3 is 9.47 Å². The molecule has 2 aromatic carbocycles. The van der Waals surface area contributed by atoms with Crippen molar-refractivity contribution in [1.82, 2.24) is 19.7 Å². The number of benzene rings is 2. The van der Waals surface area contributed by atoms with Gasteiger partial charge in [-0.05, 0) is 29.8 Å². The van der Waals surface area contributed by atoms with Gasteiger partial charge in [-0.2, -0.15) is 5.10 Å². The lowest BCUT2D eigenvalue weighted by molar-refractivity contribution is 0.412. The highest BCUT2D eigenvalue weighted by molar-refractivity contribution is 5.69. The van der Waals surface area contributed by atoms with Crippen LogP contribution in [0.3, 0.4) is 0 Å². The number of rotatable bonds is 5. The minimum Gasteiger partial charge on any atom is -0.497 e. The van der Waals surface area contributed by atoms with Crippen molar-refractivity contribution in [1.29, 1.82) is 0 Å². The van der Waals surface area contributed by atoms with Crippen molar-refractivity contribution in [2.24, 2.45) is 0 Å². The molecule has 0 unspecified atom stereocenters. The van der Waals surface area contributed by atoms with E-state index in [9.17, 15) is 0 Å². The fourth-order valence-electron chi connectivity index (χ4n) is 2.53. The number of fused-ring (bicyclic) bond motifs is 1. The fourth-order valence-corrected chi connectivity index (χ4v) is 2.53. The van der Waals surface area contributed by atoms with Gasteiger partial charge in [0.15, 0.2) is 5.65 Å². The number of aromatic nitrogens is 4. The second-order valence-corrected chi connectivity index (χ2v) is 5.48. The first kappa shape index (κ1) is 15.1. The molecule has 0 bridgehead atoms. The Labute approximate surface area is 144 Å². The van der Waals surface area contributed by atoms with Crippen LogP contribution in [0, 0.1) is 0 Å². The van der Waals surface area contributed by atoms with Crippen molar-refractivity contribution in [2.45, 2.75) is 6.54 Å². The van der Waals surface area contributed by atoms with E-state index in [0.29, 0.717) is 23.7 Å². The van der Waals surface area contributed by atoms with Crippen molar-refractivity contribution in [3.63, 3.8) is 0 Å². The molecule has 0 fully saturated rings. The second kappa shape index (κ2) is 6.60. The molecule has 0 saturated heterocycles. The van der Waals surface area contributed by atoms with Crippen molar-refractivity contribution in [3.05, 3.63) is 72.6 Å². The summed E-state index contributed by atoms with van der Waals surface area (Å²) in [6.07, 6.45) is 3.31. The molecular weight excluding hydrogens is 316 g/mol. The van der Waals surface area contributed by atoms with E-state index in [1.54, 1.807) is 19.5 Å². The molecule has 0 spiro atoms. The molecule has 0 amide bonds. The summed E-state index contributed by atoms with van der Waals surface area (Å²) < 4.78 is 12.7. The van der Waals surface area contributed by atoms with E-state index in [1.165, 1.54) is 0 Å². The van der Waals surface area contributed by atoms with E-state index in [1.807, 2.05) is 47.1 Å². The topological polar surface area (TPSA) is 62.1 Å². The summed E-state index contributed by atoms with van der Waals surface area (Å²) in [4.78, 5) is 8.93. The molecule has 2 aromatic heterocycles. The number of nitrogens with zero attached hydrogens (tertiary/aromatic N) is 4. The smallest absolute Gasteiger partial charge is 0.238 e. The largest absolute Gasteiger partial charge is 0.497 e. The van der Waals surface area contributed by atoms with Crippen molar-refractivity contribution in [2.75, 3.05) is 7.11 Å². The van der Waals surface area contributed by atoms with Gasteiger partial charge in [-0.3, -0.25) is 0 Å². The first-order chi connectivity index (χ1) is 12.3. The van der Waals surface area contributed by atoms with Crippen LogP contribution in [0.15, 0.2) is 67.0 Å². The lowest BCUT2D eigenvalue weighted by Gasteiger charge is -2.06. The third-order valence-electron chi connectivity index (χ3n) is 3.78. The zero-order valence-corrected chi connectivity index (χ0v) is 13.7. The molecule has 0 saturated carbocycles. The second-order valence-electron chi connectivity index (χ2n) is 5.48. The lowest BCUT2D eigenvalue weighted by Crippen LogP contribution is -2.02. The molecule has 4 rings (SSSR count). The molecular formula is C19H16N4O2. The van der Waals surface area contributed by atoms with Gasteiger partial charge in [0.2, 0.25) is 5.88 Å². The van der Waals surface area contributed by atoms with Crippen LogP contribution in [-0.4, -0.2) is 26.9 Å². The summed E-state index contributed by atoms with van der Waals surface area (Å²) in [5.74, 6) is 1.87. The molecule has 25 heavy (non-hydrogen) atoms. The predicted molar refractivity (Wildman–Crippen MR) is 93.9 cm³/mol. The molecule has 0 aliphatic carbocycles. The van der Waals surface area contributed by atoms with E-state index in [0.717, 1.165) is 17.0 Å². The highest BCUT2D eigenvalue weighted by Gasteiger charge is 2.08. The Hall–Kier alpha value is -3.41. The highest BCUT2D eigenvalue weighted by atomic mass is 16.5. The van der Waals surface area contributed by atoms with Gasteiger partial charge in [-0.25, -0.2) is 14.6 Å². The average molecular weight is 332 g/mol. The summed E-state index contributed by atoms with van der Waals surface area (Å²) in [6, 6.07) is 17.4. The van der Waals surface area contributed by atoms with Gasteiger partial charge in [0.05, 0.1) is 26.0 Å². The average Bonchev–Trinajstić information content (AvgIpc) is 3.05. The Morgan fingerprint density at radius 3 is 2.44 bits per heavy atom. The van der Waals surface area contributed by atoms with Gasteiger partial charge in [0.25, 0.3) is 0 Å². The standard InChI is InChI=1S/C19H16N4O2/c1-24-15-7-9-16(10-8-15)25-18-12-20-19-17(22-18)11-21-23(19)13-14-5-3-2-4-6-14/h2-12H,13H2,1H3. The number of ether oxygens (including phenoxy) is 2. The predicted octanol–water partition coefficient (Wildman–Crippen LogP) is 3.68. The summed E-state index contributed by atoms with van der Waals surface area (Å²) in [5, 5.41) is 4.38. The minimum atomic E-state index is 0.428. The van der Waals surface area contributed by atoms with Crippen molar-refractivity contribution < 1.29 is 9.47 Å². The van der Waals surface area contributed by atoms with Crippen LogP contribution < -0.4 is 9.47 Å². The van der Waals surface area contributed by atoms with Gasteiger partial charge in [0.1, 0.15) is 17.0 Å². The molecule has 6 nitrogen and oxygen atoms in total. The van der Waals surface area contributed by atoms with Crippen LogP contribution in [0.2, 0.25) is 0 Å². The molecule has 0 aliphatic heterocycles. The first-order valence-corrected chi connectivity index (χ1v) is 7.86. The van der Waals surface area contributed by atoms with Crippen LogP contribution in [-0.2, 0) is 6.54 Å². The molecule has 0 radical (unpaired) electrons. The van der Waals surface area contributed by atoms with E-state index in [2.05, 4.69) is 27.2 Å². The Morgan fingerprint density at radius 1 is 0.920 bits per heavy atom. The van der Waals surface area contributed by atoms with E-state index in [4.69, 9.17) is 9.47 Å². The molecule has 4 aromatic rings. The molecule has 6 heteroatoms. The lowest BCUT2D eigenvalue weighted by atomic mass is 10.2. The Morgan fingerprint density at radius 2 is 1.68 bits per heavy atom. The summed E-state index contributed by atoms with van der Waals surface area (Å²) in [7, 11) is 1.63. The monoisotopic (exact) mass is 332 g/mol. The van der Waals surface area contributed by atoms with Crippen LogP contribution >= 0.6 is 0 Å². The summed E-state index contributed by atoms with van der Waals surface area (Å²) >= 11 is 0. The van der Waals surface area contributed by atoms with Crippen LogP contribution in [0.25, 0.3) is 11.2 Å². The van der Waals surface area contributed by atoms with E-state index < -0.39 is 0 Å². The Kier molecular flexibility index (Phi) is 4.00. The molecule has 124 valence electrons. The van der Waals surface area contributed by atoms with E-state index in [-0.39, 0.29) is 0 Å². The number of hydrogen-bond donors (Lipinski definition) is 0. The normalized spacial score (nSPS) is 10.8. The van der Waals surface area contributed by atoms with Gasteiger partial charge in [0, 0.05) is 0 Å². The summed E-state index contributed by atoms with van der Waals surface area (Å²) in [5.41, 5.74) is 2.58. The molecule has 0 atom stereocenters. The van der Waals surface area contributed by atoms with Crippen molar-refractivity contribution in [3.8, 4) is 17.4 Å². The quantitative estimate of drug-likeness (QED) is 0.558. The molecule has 0 aliphatic rings. The minimum absolute atomic E-state index is 0.428. The van der Waals surface area contributed by atoms with Gasteiger partial charge >= 0.3 is 0 Å². The Balaban J connectivity index is 1.56. The maximum absolute atomic E-state index is 5.75. The third kappa shape index (κ3) is 3.28. The fraction of sp³-hybridized carbons (Fsp3) is 0.105. The summed E-state index contributed by atoms with van der Waals surface area (Å²) in [6.45, 7) is 0.650. The van der Waals surface area contributed by atoms with Crippen LogP contribution in [0.4, 0.5) is 0 Å². The molecule has 2 heterocycles. The van der Waals surface area contributed by atoms with Crippen LogP contribution in [0.5, 0.6) is 17.4 Å². The third-order valence-corrected chi connectivity index (χ3v) is 3.78. The first-order valence-electron chi connectivity index (χ1n) is 7.86. The highest BCUT2D eigenvalue weighted by Crippen LogP contribution is 2.23. The van der Waals surface area contributed by atoms with Crippen molar-refractivity contribution >= 4 is 11.2 Å². The SMILES string of the molecule is COc1ccc(Oc2cnc3c(cnn3Cc3ccccc3)n2)cc1. The van der Waals surface area contributed by atoms with E-state index >= 15 is 0 Å². The zero-order chi connectivity index (χ0) is 17.1. The van der Waals surface area contributed by atoms with Gasteiger partial charge in [-0.15, -0.1) is 0 Å². The van der Waals surface area contributed by atoms with Crippen LogP contribution in [0.1, 0.15) is 5.56 Å². The van der Waals surface area contributed by atoms with Gasteiger partial charge in [-0.1, -0.05) is 30.3 Å². The number of methoxy groups -OCH3 is 1. The Bertz CT molecular complexity index is 981. The zero-order valence-electron chi connectivity index (χ0n) is 13.7. The maximum Gasteiger partial charge on any atom is 0.238 e. The number of hydrogen-bond acceptors (Lipinski definition) is 5.